The van der Waals surface area contributed by atoms with Crippen molar-refractivity contribution in [3.8, 4) is 22.3 Å². The smallest absolute Gasteiger partial charge is 0.385 e. The number of hydrogen-bond donors (Lipinski definition) is 1. The molecule has 0 saturated carbocycles. The summed E-state index contributed by atoms with van der Waals surface area (Å²) in [5, 5.41) is 19.4. The Hall–Kier alpha value is -4.53. The van der Waals surface area contributed by atoms with E-state index in [1.807, 2.05) is 0 Å². The van der Waals surface area contributed by atoms with Gasteiger partial charge in [-0.05, 0) is 48.7 Å². The molecular formula is C28H20ClF3N6O2. The highest BCUT2D eigenvalue weighted by Gasteiger charge is 2.33. The fourth-order valence-electron chi connectivity index (χ4n) is 4.46. The zero-order valence-corrected chi connectivity index (χ0v) is 21.9. The predicted molar refractivity (Wildman–Crippen MR) is 143 cm³/mol. The number of nitrogens with zero attached hydrogens (tertiary/aromatic N) is 6. The van der Waals surface area contributed by atoms with Crippen LogP contribution in [-0.4, -0.2) is 29.5 Å². The van der Waals surface area contributed by atoms with Crippen LogP contribution < -0.4 is 5.56 Å². The van der Waals surface area contributed by atoms with E-state index in [0.717, 1.165) is 6.07 Å². The average molecular weight is 565 g/mol. The maximum Gasteiger partial charge on any atom is 0.433 e. The normalized spacial score (nSPS) is 12.4. The van der Waals surface area contributed by atoms with Gasteiger partial charge in [0.1, 0.15) is 11.8 Å². The van der Waals surface area contributed by atoms with Crippen LogP contribution in [-0.2, 0) is 12.7 Å². The molecule has 0 aliphatic rings. The molecular weight excluding hydrogens is 545 g/mol. The molecule has 8 nitrogen and oxygen atoms in total. The van der Waals surface area contributed by atoms with Gasteiger partial charge in [-0.1, -0.05) is 54.1 Å². The van der Waals surface area contributed by atoms with Gasteiger partial charge in [0.2, 0.25) is 0 Å². The molecule has 2 aromatic carbocycles. The number of aryl methyl sites for hydroxylation is 1. The van der Waals surface area contributed by atoms with E-state index in [9.17, 15) is 23.1 Å². The fraction of sp³-hybridized carbons (Fsp3) is 0.179. The molecule has 0 bridgehead atoms. The monoisotopic (exact) mass is 564 g/mol. The molecule has 0 radical (unpaired) electrons. The molecule has 0 amide bonds. The van der Waals surface area contributed by atoms with Gasteiger partial charge >= 0.3 is 6.18 Å². The number of hydrogen-bond acceptors (Lipinski definition) is 5. The molecule has 5 aromatic rings. The summed E-state index contributed by atoms with van der Waals surface area (Å²) < 4.78 is 42.3. The van der Waals surface area contributed by atoms with E-state index >= 15 is 0 Å². The number of aliphatic hydroxyl groups excluding tert-OH is 1. The predicted octanol–water partition coefficient (Wildman–Crippen LogP) is 6.25. The summed E-state index contributed by atoms with van der Waals surface area (Å²) in [5.41, 5.74) is 1.23. The lowest BCUT2D eigenvalue weighted by molar-refractivity contribution is -0.141. The van der Waals surface area contributed by atoms with E-state index in [-0.39, 0.29) is 29.3 Å². The number of pyridine rings is 1. The van der Waals surface area contributed by atoms with E-state index in [1.54, 1.807) is 48.5 Å². The van der Waals surface area contributed by atoms with Gasteiger partial charge in [-0.25, -0.2) is 19.0 Å². The van der Waals surface area contributed by atoms with E-state index < -0.39 is 23.5 Å². The summed E-state index contributed by atoms with van der Waals surface area (Å²) in [7, 11) is 0. The number of aliphatic hydroxyl groups is 1. The maximum absolute atomic E-state index is 14.3. The van der Waals surface area contributed by atoms with Gasteiger partial charge in [-0.2, -0.15) is 13.2 Å². The Kier molecular flexibility index (Phi) is 6.91. The second kappa shape index (κ2) is 10.2. The van der Waals surface area contributed by atoms with E-state index in [2.05, 4.69) is 20.0 Å². The number of aromatic nitrogens is 5. The summed E-state index contributed by atoms with van der Waals surface area (Å²) in [6.07, 6.45) is -5.75. The summed E-state index contributed by atoms with van der Waals surface area (Å²) in [6.45, 7) is 9.98. The van der Waals surface area contributed by atoms with Gasteiger partial charge in [0.05, 0.1) is 18.7 Å². The van der Waals surface area contributed by atoms with Gasteiger partial charge in [-0.3, -0.25) is 4.79 Å². The van der Waals surface area contributed by atoms with Crippen molar-refractivity contribution in [1.82, 2.24) is 24.4 Å². The molecule has 1 atom stereocenters. The van der Waals surface area contributed by atoms with Gasteiger partial charge in [0.15, 0.2) is 17.2 Å². The van der Waals surface area contributed by atoms with Gasteiger partial charge in [0, 0.05) is 16.3 Å². The van der Waals surface area contributed by atoms with Crippen LogP contribution in [0.2, 0.25) is 5.02 Å². The number of benzene rings is 2. The second-order valence-electron chi connectivity index (χ2n) is 9.09. The fourth-order valence-corrected chi connectivity index (χ4v) is 4.59. The number of alkyl halides is 3. The second-order valence-corrected chi connectivity index (χ2v) is 9.52. The number of halogens is 4. The van der Waals surface area contributed by atoms with Crippen LogP contribution in [0.5, 0.6) is 0 Å². The van der Waals surface area contributed by atoms with Crippen LogP contribution in [0.4, 0.5) is 18.9 Å². The molecule has 0 saturated heterocycles. The topological polar surface area (TPSA) is 89.7 Å². The van der Waals surface area contributed by atoms with Crippen molar-refractivity contribution in [1.29, 1.82) is 0 Å². The van der Waals surface area contributed by atoms with Crippen LogP contribution in [0.1, 0.15) is 35.8 Å². The molecule has 3 heterocycles. The highest BCUT2D eigenvalue weighted by atomic mass is 35.5. The number of fused-ring (bicyclic) bond motifs is 1. The van der Waals surface area contributed by atoms with Crippen molar-refractivity contribution in [3.63, 3.8) is 0 Å². The van der Waals surface area contributed by atoms with E-state index in [0.29, 0.717) is 33.0 Å². The van der Waals surface area contributed by atoms with Crippen molar-refractivity contribution in [2.45, 2.75) is 32.7 Å². The Morgan fingerprint density at radius 1 is 1.00 bits per heavy atom. The third kappa shape index (κ3) is 4.83. The summed E-state index contributed by atoms with van der Waals surface area (Å²) >= 11 is 6.12. The molecule has 202 valence electrons. The van der Waals surface area contributed by atoms with Crippen LogP contribution in [0, 0.1) is 13.5 Å². The van der Waals surface area contributed by atoms with Crippen molar-refractivity contribution >= 4 is 22.9 Å². The number of rotatable bonds is 5. The molecule has 0 aliphatic heterocycles. The Labute approximate surface area is 230 Å². The van der Waals surface area contributed by atoms with Crippen LogP contribution >= 0.6 is 11.6 Å². The first kappa shape index (κ1) is 27.1. The molecule has 0 fully saturated rings. The minimum Gasteiger partial charge on any atom is -0.385 e. The quantitative estimate of drug-likeness (QED) is 0.255. The molecule has 12 heteroatoms. The Morgan fingerprint density at radius 2 is 1.62 bits per heavy atom. The minimum absolute atomic E-state index is 0.0646. The highest BCUT2D eigenvalue weighted by molar-refractivity contribution is 6.30. The highest BCUT2D eigenvalue weighted by Crippen LogP contribution is 2.35. The Bertz CT molecular complexity index is 1840. The zero-order valence-electron chi connectivity index (χ0n) is 21.1. The van der Waals surface area contributed by atoms with Gasteiger partial charge in [-0.15, -0.1) is 10.2 Å². The van der Waals surface area contributed by atoms with Crippen LogP contribution in [0.25, 0.3) is 32.7 Å². The molecule has 0 aliphatic carbocycles. The average Bonchev–Trinajstić information content (AvgIpc) is 3.36. The molecule has 3 aromatic heterocycles. The van der Waals surface area contributed by atoms with Crippen molar-refractivity contribution in [2.75, 3.05) is 0 Å². The van der Waals surface area contributed by atoms with E-state index in [1.165, 1.54) is 29.1 Å². The first-order valence-corrected chi connectivity index (χ1v) is 12.3. The summed E-state index contributed by atoms with van der Waals surface area (Å²) in [5.74, 6) is 0.0646. The zero-order chi connectivity index (χ0) is 28.8. The summed E-state index contributed by atoms with van der Waals surface area (Å²) in [6, 6.07) is 15.3. The molecule has 1 N–H and O–H groups in total. The third-order valence-corrected chi connectivity index (χ3v) is 6.68. The van der Waals surface area contributed by atoms with Crippen molar-refractivity contribution in [3.05, 3.63) is 110 Å². The largest absolute Gasteiger partial charge is 0.433 e. The lowest BCUT2D eigenvalue weighted by Crippen LogP contribution is -2.31. The lowest BCUT2D eigenvalue weighted by Gasteiger charge is -2.19. The molecule has 40 heavy (non-hydrogen) atoms. The van der Waals surface area contributed by atoms with Gasteiger partial charge in [0.25, 0.3) is 5.56 Å². The van der Waals surface area contributed by atoms with Crippen LogP contribution in [0.3, 0.4) is 0 Å². The first-order chi connectivity index (χ1) is 19.0. The molecule has 5 rings (SSSR count). The van der Waals surface area contributed by atoms with Crippen LogP contribution in [0.15, 0.2) is 65.5 Å². The van der Waals surface area contributed by atoms with Crippen molar-refractivity contribution in [2.24, 2.45) is 0 Å². The van der Waals surface area contributed by atoms with E-state index in [4.69, 9.17) is 18.2 Å². The molecule has 0 spiro atoms. The lowest BCUT2D eigenvalue weighted by atomic mass is 9.96. The third-order valence-electron chi connectivity index (χ3n) is 6.43. The first-order valence-electron chi connectivity index (χ1n) is 12.0. The standard InChI is InChI=1S/C28H20ClF3N6O2/c1-15-19(8-13-22(34-15)28(30,31)32)14-37-27(40)24(18-6-11-21(33-3)12-7-18)23(17-4-9-20(29)10-5-17)26-36-35-25(16(2)39)38(26)37/h4-13,16,39H,14H2,1-2H3/t16-/m0/s1. The Morgan fingerprint density at radius 3 is 2.20 bits per heavy atom. The SMILES string of the molecule is [C-]#[N+]c1ccc(-c2c(-c3ccc(Cl)cc3)c3nnc([C@H](C)O)n3n(Cc3ccc(C(F)(F)F)nc3C)c2=O)cc1. The molecule has 0 unspecified atom stereocenters. The summed E-state index contributed by atoms with van der Waals surface area (Å²) in [4.78, 5) is 21.4. The minimum atomic E-state index is -4.62. The van der Waals surface area contributed by atoms with Gasteiger partial charge < -0.3 is 5.11 Å². The van der Waals surface area contributed by atoms with Crippen molar-refractivity contribution < 1.29 is 18.3 Å². The maximum atomic E-state index is 14.3. The Balaban J connectivity index is 1.85.